The maximum atomic E-state index is 12.3. The van der Waals surface area contributed by atoms with Gasteiger partial charge in [0.05, 0.1) is 24.2 Å². The van der Waals surface area contributed by atoms with Crippen LogP contribution in [-0.4, -0.2) is 23.5 Å². The molecule has 6 heteroatoms. The smallest absolute Gasteiger partial charge is 0.306 e. The molecule has 0 aliphatic rings. The van der Waals surface area contributed by atoms with Gasteiger partial charge in [-0.15, -0.1) is 0 Å². The molecule has 128 valence electrons. The van der Waals surface area contributed by atoms with Crippen molar-refractivity contribution < 1.29 is 24.2 Å². The van der Waals surface area contributed by atoms with E-state index >= 15 is 0 Å². The van der Waals surface area contributed by atoms with Gasteiger partial charge in [-0.3, -0.25) is 9.59 Å². The summed E-state index contributed by atoms with van der Waals surface area (Å²) in [5.41, 5.74) is -0.137. The van der Waals surface area contributed by atoms with Crippen LogP contribution in [0.15, 0.2) is 42.5 Å². The van der Waals surface area contributed by atoms with Crippen LogP contribution in [0.1, 0.15) is 35.7 Å². The quantitative estimate of drug-likeness (QED) is 0.612. The minimum atomic E-state index is -0.493. The summed E-state index contributed by atoms with van der Waals surface area (Å²) < 4.78 is 10.4. The van der Waals surface area contributed by atoms with Crippen LogP contribution in [-0.2, 0) is 9.53 Å². The molecule has 0 unspecified atom stereocenters. The first kappa shape index (κ1) is 18.0. The monoisotopic (exact) mass is 339 g/mol. The van der Waals surface area contributed by atoms with Gasteiger partial charge in [0, 0.05) is 12.5 Å². The summed E-state index contributed by atoms with van der Waals surface area (Å²) in [5.74, 6) is -0.605. The largest absolute Gasteiger partial charge is 0.506 e. The highest BCUT2D eigenvalue weighted by molar-refractivity contribution is 6.00. The van der Waals surface area contributed by atoms with E-state index in [2.05, 4.69) is 0 Å². The van der Waals surface area contributed by atoms with Gasteiger partial charge in [0.25, 0.3) is 0 Å². The van der Waals surface area contributed by atoms with Crippen molar-refractivity contribution in [2.24, 2.45) is 0 Å². The van der Waals surface area contributed by atoms with Crippen LogP contribution in [0.2, 0.25) is 0 Å². The predicted molar refractivity (Wildman–Crippen MR) is 89.5 cm³/mol. The van der Waals surface area contributed by atoms with Crippen molar-refractivity contribution in [3.05, 3.63) is 53.6 Å². The van der Waals surface area contributed by atoms with Gasteiger partial charge in [-0.25, -0.2) is 0 Å². The van der Waals surface area contributed by atoms with E-state index in [0.29, 0.717) is 5.75 Å². The summed E-state index contributed by atoms with van der Waals surface area (Å²) in [7, 11) is 0. The van der Waals surface area contributed by atoms with E-state index in [-0.39, 0.29) is 36.3 Å². The predicted octanol–water partition coefficient (Wildman–Crippen LogP) is 3.58. The number of nitriles is 1. The summed E-state index contributed by atoms with van der Waals surface area (Å²) in [6.07, 6.45) is -0.232. The molecular formula is C19H17NO5. The summed E-state index contributed by atoms with van der Waals surface area (Å²) in [5, 5.41) is 19.3. The van der Waals surface area contributed by atoms with Crippen LogP contribution >= 0.6 is 0 Å². The third-order valence-corrected chi connectivity index (χ3v) is 3.34. The first-order valence-electron chi connectivity index (χ1n) is 7.74. The fourth-order valence-electron chi connectivity index (χ4n) is 2.17. The zero-order valence-corrected chi connectivity index (χ0v) is 13.7. The fraction of sp³-hybridized carbons (Fsp3) is 0.211. The average molecular weight is 339 g/mol. The Balaban J connectivity index is 2.24. The molecule has 0 aromatic heterocycles. The minimum absolute atomic E-state index is 0.0609. The van der Waals surface area contributed by atoms with Crippen molar-refractivity contribution in [1.29, 1.82) is 5.26 Å². The van der Waals surface area contributed by atoms with Crippen LogP contribution in [0.4, 0.5) is 0 Å². The second-order valence-electron chi connectivity index (χ2n) is 5.12. The maximum absolute atomic E-state index is 12.3. The Morgan fingerprint density at radius 1 is 1.12 bits per heavy atom. The second kappa shape index (κ2) is 8.50. The number of phenols is 1. The molecule has 2 aromatic rings. The number of carbonyl (C=O) groups excluding carboxylic acids is 2. The first-order chi connectivity index (χ1) is 12.0. The number of phenolic OH excluding ortho intramolecular Hbond substituents is 1. The number of nitrogens with zero attached hydrogens (tertiary/aromatic N) is 1. The molecule has 0 aliphatic carbocycles. The van der Waals surface area contributed by atoms with E-state index in [1.807, 2.05) is 12.1 Å². The van der Waals surface area contributed by atoms with E-state index in [1.165, 1.54) is 12.1 Å². The lowest BCUT2D eigenvalue weighted by Crippen LogP contribution is -2.08. The number of Topliss-reactive ketones (excluding diaryl/α,β-unsaturated/α-hetero) is 1. The van der Waals surface area contributed by atoms with Crippen molar-refractivity contribution in [2.75, 3.05) is 6.61 Å². The molecule has 2 aromatic carbocycles. The zero-order chi connectivity index (χ0) is 18.2. The standard InChI is InChI=1S/C19H17NO5/c1-2-24-18(22)9-8-17(21)16-11-15(10-13(12-20)19(16)23)25-14-6-4-3-5-7-14/h3-7,10-11,23H,2,8-9H2,1H3. The van der Waals surface area contributed by atoms with Crippen molar-refractivity contribution in [3.63, 3.8) is 0 Å². The number of ketones is 1. The number of benzene rings is 2. The topological polar surface area (TPSA) is 96.6 Å². The zero-order valence-electron chi connectivity index (χ0n) is 13.7. The molecule has 0 saturated heterocycles. The molecule has 0 bridgehead atoms. The maximum Gasteiger partial charge on any atom is 0.306 e. The molecular weight excluding hydrogens is 322 g/mol. The average Bonchev–Trinajstić information content (AvgIpc) is 2.62. The van der Waals surface area contributed by atoms with Gasteiger partial charge in [0.1, 0.15) is 23.3 Å². The Morgan fingerprint density at radius 2 is 1.84 bits per heavy atom. The SMILES string of the molecule is CCOC(=O)CCC(=O)c1cc(Oc2ccccc2)cc(C#N)c1O. The Hall–Kier alpha value is -3.33. The van der Waals surface area contributed by atoms with E-state index in [1.54, 1.807) is 31.2 Å². The number of hydrogen-bond donors (Lipinski definition) is 1. The number of rotatable bonds is 7. The van der Waals surface area contributed by atoms with Crippen LogP contribution in [0.3, 0.4) is 0 Å². The van der Waals surface area contributed by atoms with Gasteiger partial charge in [-0.2, -0.15) is 5.26 Å². The molecule has 25 heavy (non-hydrogen) atoms. The lowest BCUT2D eigenvalue weighted by molar-refractivity contribution is -0.143. The Bertz CT molecular complexity index is 809. The molecule has 2 rings (SSSR count). The summed E-state index contributed by atoms with van der Waals surface area (Å²) >= 11 is 0. The van der Waals surface area contributed by atoms with Crippen LogP contribution in [0.5, 0.6) is 17.2 Å². The Labute approximate surface area is 145 Å². The van der Waals surface area contributed by atoms with Crippen LogP contribution in [0, 0.1) is 11.3 Å². The highest BCUT2D eigenvalue weighted by atomic mass is 16.5. The number of carbonyl (C=O) groups is 2. The van der Waals surface area contributed by atoms with E-state index < -0.39 is 17.5 Å². The molecule has 0 fully saturated rings. The summed E-state index contributed by atoms with van der Waals surface area (Å²) in [6.45, 7) is 1.91. The molecule has 0 aliphatic heterocycles. The highest BCUT2D eigenvalue weighted by Crippen LogP contribution is 2.31. The van der Waals surface area contributed by atoms with Gasteiger partial charge < -0.3 is 14.6 Å². The molecule has 0 atom stereocenters. The fourth-order valence-corrected chi connectivity index (χ4v) is 2.17. The van der Waals surface area contributed by atoms with Gasteiger partial charge in [0.15, 0.2) is 5.78 Å². The summed E-state index contributed by atoms with van der Waals surface area (Å²) in [4.78, 5) is 23.7. The second-order valence-corrected chi connectivity index (χ2v) is 5.12. The van der Waals surface area contributed by atoms with Gasteiger partial charge >= 0.3 is 5.97 Å². The number of esters is 1. The summed E-state index contributed by atoms with van der Waals surface area (Å²) in [6, 6.07) is 13.4. The number of ether oxygens (including phenoxy) is 2. The van der Waals surface area contributed by atoms with Crippen LogP contribution in [0.25, 0.3) is 0 Å². The van der Waals surface area contributed by atoms with Gasteiger partial charge in [-0.05, 0) is 25.1 Å². The molecule has 0 radical (unpaired) electrons. The lowest BCUT2D eigenvalue weighted by Gasteiger charge is -2.10. The minimum Gasteiger partial charge on any atom is -0.506 e. The highest BCUT2D eigenvalue weighted by Gasteiger charge is 2.18. The van der Waals surface area contributed by atoms with Crippen molar-refractivity contribution in [3.8, 4) is 23.3 Å². The lowest BCUT2D eigenvalue weighted by atomic mass is 10.0. The van der Waals surface area contributed by atoms with E-state index in [4.69, 9.17) is 14.7 Å². The van der Waals surface area contributed by atoms with Gasteiger partial charge in [-0.1, -0.05) is 18.2 Å². The number of hydrogen-bond acceptors (Lipinski definition) is 6. The first-order valence-corrected chi connectivity index (χ1v) is 7.74. The number of aromatic hydroxyl groups is 1. The van der Waals surface area contributed by atoms with E-state index in [9.17, 15) is 14.7 Å². The van der Waals surface area contributed by atoms with Crippen molar-refractivity contribution >= 4 is 11.8 Å². The molecule has 1 N–H and O–H groups in total. The van der Waals surface area contributed by atoms with Gasteiger partial charge in [0.2, 0.25) is 0 Å². The third-order valence-electron chi connectivity index (χ3n) is 3.34. The Kier molecular flexibility index (Phi) is 6.13. The van der Waals surface area contributed by atoms with Crippen molar-refractivity contribution in [2.45, 2.75) is 19.8 Å². The molecule has 0 amide bonds. The Morgan fingerprint density at radius 3 is 2.48 bits per heavy atom. The number of para-hydroxylation sites is 1. The molecule has 0 saturated carbocycles. The van der Waals surface area contributed by atoms with Crippen LogP contribution < -0.4 is 4.74 Å². The molecule has 6 nitrogen and oxygen atoms in total. The molecule has 0 spiro atoms. The normalized spacial score (nSPS) is 9.92. The molecule has 0 heterocycles. The van der Waals surface area contributed by atoms with E-state index in [0.717, 1.165) is 0 Å². The van der Waals surface area contributed by atoms with Crippen molar-refractivity contribution in [1.82, 2.24) is 0 Å². The third kappa shape index (κ3) is 4.82.